The van der Waals surface area contributed by atoms with Crippen LogP contribution in [0.15, 0.2) is 11.0 Å². The van der Waals surface area contributed by atoms with Gasteiger partial charge >= 0.3 is 12.3 Å². The summed E-state index contributed by atoms with van der Waals surface area (Å²) < 4.78 is 40.0. The Labute approximate surface area is 107 Å². The standard InChI is InChI=1S/C9H7BrF3NO4/c10-2-5-4(1-7(15)16)8(17)14-3-6(5)18-9(11,12)13/h3H,1-2H2,(H,14,17)(H,15,16). The van der Waals surface area contributed by atoms with Gasteiger partial charge in [0.2, 0.25) is 0 Å². The normalized spacial score (nSPS) is 11.3. The molecule has 0 spiro atoms. The molecule has 0 bridgehead atoms. The molecule has 1 aromatic rings. The summed E-state index contributed by atoms with van der Waals surface area (Å²) in [4.78, 5) is 23.9. The Morgan fingerprint density at radius 3 is 2.50 bits per heavy atom. The van der Waals surface area contributed by atoms with Crippen molar-refractivity contribution >= 4 is 21.9 Å². The Morgan fingerprint density at radius 2 is 2.06 bits per heavy atom. The maximum absolute atomic E-state index is 12.1. The fourth-order valence-electron chi connectivity index (χ4n) is 1.29. The summed E-state index contributed by atoms with van der Waals surface area (Å²) in [7, 11) is 0. The average Bonchev–Trinajstić information content (AvgIpc) is 2.20. The Bertz CT molecular complexity index is 512. The Morgan fingerprint density at radius 1 is 1.44 bits per heavy atom. The lowest BCUT2D eigenvalue weighted by molar-refractivity contribution is -0.275. The van der Waals surface area contributed by atoms with Crippen LogP contribution >= 0.6 is 15.9 Å². The zero-order valence-electron chi connectivity index (χ0n) is 8.68. The molecule has 0 atom stereocenters. The lowest BCUT2D eigenvalue weighted by Crippen LogP contribution is -2.23. The van der Waals surface area contributed by atoms with Crippen molar-refractivity contribution in [3.63, 3.8) is 0 Å². The molecule has 1 rings (SSSR count). The topological polar surface area (TPSA) is 79.4 Å². The van der Waals surface area contributed by atoms with E-state index in [0.717, 1.165) is 6.20 Å². The van der Waals surface area contributed by atoms with E-state index >= 15 is 0 Å². The molecular weight excluding hydrogens is 323 g/mol. The zero-order chi connectivity index (χ0) is 13.9. The van der Waals surface area contributed by atoms with E-state index in [2.05, 4.69) is 20.7 Å². The molecule has 2 N–H and O–H groups in total. The number of halogens is 4. The number of carbonyl (C=O) groups is 1. The number of aliphatic carboxylic acids is 1. The third-order valence-corrected chi connectivity index (χ3v) is 2.52. The highest BCUT2D eigenvalue weighted by molar-refractivity contribution is 9.08. The van der Waals surface area contributed by atoms with Crippen LogP contribution in [0, 0.1) is 0 Å². The van der Waals surface area contributed by atoms with Gasteiger partial charge in [0.05, 0.1) is 6.42 Å². The Balaban J connectivity index is 3.29. The SMILES string of the molecule is O=C(O)Cc1c(CBr)c(OC(F)(F)F)c[nH]c1=O. The molecule has 0 aromatic carbocycles. The Kier molecular flexibility index (Phi) is 4.38. The van der Waals surface area contributed by atoms with Crippen LogP contribution in [-0.2, 0) is 16.5 Å². The number of ether oxygens (including phenoxy) is 1. The molecule has 0 amide bonds. The lowest BCUT2D eigenvalue weighted by Gasteiger charge is -2.13. The van der Waals surface area contributed by atoms with Crippen molar-refractivity contribution in [1.82, 2.24) is 4.98 Å². The predicted octanol–water partition coefficient (Wildman–Crippen LogP) is 1.80. The third kappa shape index (κ3) is 3.76. The summed E-state index contributed by atoms with van der Waals surface area (Å²) in [6.45, 7) is 0. The number of pyridine rings is 1. The zero-order valence-corrected chi connectivity index (χ0v) is 10.3. The second-order valence-corrected chi connectivity index (χ2v) is 3.75. The molecule has 1 heterocycles. The number of aromatic nitrogens is 1. The number of carboxylic acid groups (broad SMARTS) is 1. The molecular formula is C9H7BrF3NO4. The first-order valence-corrected chi connectivity index (χ1v) is 5.63. The van der Waals surface area contributed by atoms with E-state index in [9.17, 15) is 22.8 Å². The molecule has 0 aliphatic heterocycles. The van der Waals surface area contributed by atoms with Gasteiger partial charge in [0, 0.05) is 22.7 Å². The molecule has 0 saturated carbocycles. The smallest absolute Gasteiger partial charge is 0.481 e. The fourth-order valence-corrected chi connectivity index (χ4v) is 1.91. The van der Waals surface area contributed by atoms with Crippen LogP contribution in [0.1, 0.15) is 11.1 Å². The molecule has 18 heavy (non-hydrogen) atoms. The quantitative estimate of drug-likeness (QED) is 0.825. The highest BCUT2D eigenvalue weighted by Gasteiger charge is 2.33. The van der Waals surface area contributed by atoms with Crippen molar-refractivity contribution in [2.24, 2.45) is 0 Å². The highest BCUT2D eigenvalue weighted by atomic mass is 79.9. The van der Waals surface area contributed by atoms with Crippen molar-refractivity contribution < 1.29 is 27.8 Å². The van der Waals surface area contributed by atoms with E-state index in [1.54, 1.807) is 0 Å². The highest BCUT2D eigenvalue weighted by Crippen LogP contribution is 2.28. The van der Waals surface area contributed by atoms with Crippen molar-refractivity contribution in [3.05, 3.63) is 27.7 Å². The van der Waals surface area contributed by atoms with Gasteiger partial charge in [0.1, 0.15) is 5.75 Å². The monoisotopic (exact) mass is 329 g/mol. The number of hydrogen-bond donors (Lipinski definition) is 2. The van der Waals surface area contributed by atoms with Crippen molar-refractivity contribution in [3.8, 4) is 5.75 Å². The van der Waals surface area contributed by atoms with E-state index in [0.29, 0.717) is 0 Å². The van der Waals surface area contributed by atoms with Crippen LogP contribution in [0.4, 0.5) is 13.2 Å². The van der Waals surface area contributed by atoms with Gasteiger partial charge in [-0.2, -0.15) is 0 Å². The van der Waals surface area contributed by atoms with Crippen LogP contribution in [-0.4, -0.2) is 22.4 Å². The van der Waals surface area contributed by atoms with E-state index in [4.69, 9.17) is 5.11 Å². The summed E-state index contributed by atoms with van der Waals surface area (Å²) in [5.74, 6) is -1.96. The van der Waals surface area contributed by atoms with E-state index < -0.39 is 30.1 Å². The maximum atomic E-state index is 12.1. The van der Waals surface area contributed by atoms with Gasteiger partial charge in [0.25, 0.3) is 5.56 Å². The molecule has 0 unspecified atom stereocenters. The van der Waals surface area contributed by atoms with Gasteiger partial charge in [-0.3, -0.25) is 9.59 Å². The van der Waals surface area contributed by atoms with Crippen molar-refractivity contribution in [1.29, 1.82) is 0 Å². The van der Waals surface area contributed by atoms with E-state index in [1.165, 1.54) is 0 Å². The molecule has 0 radical (unpaired) electrons. The summed E-state index contributed by atoms with van der Waals surface area (Å²) in [5.41, 5.74) is -1.18. The van der Waals surface area contributed by atoms with Crippen LogP contribution in [0.25, 0.3) is 0 Å². The van der Waals surface area contributed by atoms with E-state index in [1.807, 2.05) is 4.98 Å². The average molecular weight is 330 g/mol. The molecule has 0 aliphatic carbocycles. The molecule has 9 heteroatoms. The van der Waals surface area contributed by atoms with Crippen molar-refractivity contribution in [2.45, 2.75) is 18.1 Å². The lowest BCUT2D eigenvalue weighted by atomic mass is 10.1. The predicted molar refractivity (Wildman–Crippen MR) is 57.7 cm³/mol. The Hall–Kier alpha value is -1.51. The second-order valence-electron chi connectivity index (χ2n) is 3.19. The largest absolute Gasteiger partial charge is 0.573 e. The van der Waals surface area contributed by atoms with E-state index in [-0.39, 0.29) is 16.5 Å². The molecule has 0 fully saturated rings. The number of H-pyrrole nitrogens is 1. The first kappa shape index (κ1) is 14.6. The van der Waals surface area contributed by atoms with Gasteiger partial charge < -0.3 is 14.8 Å². The first-order chi connectivity index (χ1) is 8.24. The number of carboxylic acids is 1. The minimum atomic E-state index is -4.92. The van der Waals surface area contributed by atoms with Gasteiger partial charge in [0.15, 0.2) is 0 Å². The first-order valence-electron chi connectivity index (χ1n) is 4.51. The summed E-state index contributed by atoms with van der Waals surface area (Å²) in [6.07, 6.45) is -4.86. The minimum Gasteiger partial charge on any atom is -0.481 e. The second kappa shape index (κ2) is 5.42. The minimum absolute atomic E-state index is 0.134. The molecule has 100 valence electrons. The maximum Gasteiger partial charge on any atom is 0.573 e. The molecule has 1 aromatic heterocycles. The van der Waals surface area contributed by atoms with Gasteiger partial charge in [-0.1, -0.05) is 15.9 Å². The van der Waals surface area contributed by atoms with Gasteiger partial charge in [-0.05, 0) is 0 Å². The van der Waals surface area contributed by atoms with Gasteiger partial charge in [-0.25, -0.2) is 0 Å². The third-order valence-electron chi connectivity index (χ3n) is 1.96. The summed E-state index contributed by atoms with van der Waals surface area (Å²) in [6, 6.07) is 0. The number of hydrogen-bond acceptors (Lipinski definition) is 3. The van der Waals surface area contributed by atoms with Crippen LogP contribution < -0.4 is 10.3 Å². The van der Waals surface area contributed by atoms with Crippen molar-refractivity contribution in [2.75, 3.05) is 0 Å². The molecule has 0 aliphatic rings. The summed E-state index contributed by atoms with van der Waals surface area (Å²) in [5, 5.41) is 8.47. The molecule has 0 saturated heterocycles. The van der Waals surface area contributed by atoms with Crippen LogP contribution in [0.5, 0.6) is 5.75 Å². The summed E-state index contributed by atoms with van der Waals surface area (Å²) >= 11 is 2.90. The molecule has 5 nitrogen and oxygen atoms in total. The number of alkyl halides is 4. The fraction of sp³-hybridized carbons (Fsp3) is 0.333. The van der Waals surface area contributed by atoms with Gasteiger partial charge in [-0.15, -0.1) is 13.2 Å². The van der Waals surface area contributed by atoms with Crippen LogP contribution in [0.2, 0.25) is 0 Å². The number of nitrogens with one attached hydrogen (secondary N) is 1. The number of rotatable bonds is 4. The van der Waals surface area contributed by atoms with Crippen LogP contribution in [0.3, 0.4) is 0 Å². The number of aromatic amines is 1.